The Labute approximate surface area is 172 Å². The zero-order valence-corrected chi connectivity index (χ0v) is 17.6. The lowest BCUT2D eigenvalue weighted by atomic mass is 10.1. The molecule has 0 spiro atoms. The summed E-state index contributed by atoms with van der Waals surface area (Å²) >= 11 is 0. The van der Waals surface area contributed by atoms with Crippen molar-refractivity contribution in [3.63, 3.8) is 0 Å². The molecular weight excluding hydrogens is 348 g/mol. The van der Waals surface area contributed by atoms with Crippen molar-refractivity contribution in [3.05, 3.63) is 60.8 Å². The van der Waals surface area contributed by atoms with Crippen LogP contribution in [0, 0.1) is 0 Å². The van der Waals surface area contributed by atoms with Crippen LogP contribution in [-0.4, -0.2) is 37.3 Å². The molecule has 0 radical (unpaired) electrons. The minimum Gasteiger partial charge on any atom is -0.478 e. The Morgan fingerprint density at radius 2 is 1.18 bits per heavy atom. The van der Waals surface area contributed by atoms with Crippen LogP contribution in [-0.2, 0) is 4.79 Å². The minimum atomic E-state index is -0.931. The van der Waals surface area contributed by atoms with Crippen molar-refractivity contribution < 1.29 is 9.90 Å². The van der Waals surface area contributed by atoms with Gasteiger partial charge in [-0.15, -0.1) is 0 Å². The summed E-state index contributed by atoms with van der Waals surface area (Å²) in [6, 6.07) is 0. The zero-order chi connectivity index (χ0) is 20.5. The molecule has 4 nitrogen and oxygen atoms in total. The molecule has 0 aromatic rings. The summed E-state index contributed by atoms with van der Waals surface area (Å²) in [6.07, 6.45) is 28.8. The molecule has 0 aromatic heterocycles. The molecule has 1 aliphatic rings. The van der Waals surface area contributed by atoms with Gasteiger partial charge in [-0.3, -0.25) is 0 Å². The third-order valence-electron chi connectivity index (χ3n) is 4.08. The third-order valence-corrected chi connectivity index (χ3v) is 4.08. The number of unbranched alkanes of at least 4 members (excludes halogenated alkanes) is 7. The van der Waals surface area contributed by atoms with Crippen LogP contribution in [0.3, 0.4) is 0 Å². The lowest BCUT2D eigenvalue weighted by Crippen LogP contribution is -2.39. The quantitative estimate of drug-likeness (QED) is 0.231. The number of carboxylic acid groups (broad SMARTS) is 1. The number of hydrogen-bond donors (Lipinski definition) is 3. The van der Waals surface area contributed by atoms with Crippen LogP contribution in [0.2, 0.25) is 0 Å². The number of nitrogens with one attached hydrogen (secondary N) is 2. The number of hydrogen-bond acceptors (Lipinski definition) is 3. The molecule has 0 atom stereocenters. The fourth-order valence-electron chi connectivity index (χ4n) is 2.52. The average Bonchev–Trinajstić information content (AvgIpc) is 2.72. The van der Waals surface area contributed by atoms with E-state index in [9.17, 15) is 4.79 Å². The molecule has 0 saturated carbocycles. The summed E-state index contributed by atoms with van der Waals surface area (Å²) in [6.45, 7) is 6.81. The fourth-order valence-corrected chi connectivity index (χ4v) is 2.52. The van der Waals surface area contributed by atoms with Crippen molar-refractivity contribution in [3.8, 4) is 0 Å². The second kappa shape index (κ2) is 23.1. The summed E-state index contributed by atoms with van der Waals surface area (Å²) in [5, 5.41) is 14.8. The van der Waals surface area contributed by atoms with Gasteiger partial charge in [0.1, 0.15) is 0 Å². The number of rotatable bonds is 13. The van der Waals surface area contributed by atoms with E-state index < -0.39 is 5.97 Å². The van der Waals surface area contributed by atoms with Gasteiger partial charge < -0.3 is 15.7 Å². The summed E-state index contributed by atoms with van der Waals surface area (Å²) < 4.78 is 0. The molecular formula is C24H40N2O2. The SMILES string of the molecule is C1CNCCN1.CCCCCCCCCC=CC=CC=CC=CC=CC(=O)O. The first kappa shape index (κ1) is 26.1. The molecule has 1 aliphatic heterocycles. The highest BCUT2D eigenvalue weighted by molar-refractivity contribution is 5.80. The first-order chi connectivity index (χ1) is 13.8. The summed E-state index contributed by atoms with van der Waals surface area (Å²) in [4.78, 5) is 10.2. The monoisotopic (exact) mass is 388 g/mol. The maximum absolute atomic E-state index is 10.2. The highest BCUT2D eigenvalue weighted by Crippen LogP contribution is 2.08. The van der Waals surface area contributed by atoms with Gasteiger partial charge in [-0.05, 0) is 12.8 Å². The number of piperazine rings is 1. The molecule has 0 aromatic carbocycles. The highest BCUT2D eigenvalue weighted by Gasteiger charge is 1.91. The first-order valence-corrected chi connectivity index (χ1v) is 10.7. The highest BCUT2D eigenvalue weighted by atomic mass is 16.4. The van der Waals surface area contributed by atoms with Gasteiger partial charge in [-0.25, -0.2) is 4.79 Å². The van der Waals surface area contributed by atoms with Crippen LogP contribution in [0.25, 0.3) is 0 Å². The van der Waals surface area contributed by atoms with E-state index in [1.54, 1.807) is 12.2 Å². The van der Waals surface area contributed by atoms with Gasteiger partial charge in [-0.2, -0.15) is 0 Å². The van der Waals surface area contributed by atoms with E-state index in [2.05, 4.69) is 29.7 Å². The number of allylic oxidation sites excluding steroid dienone is 9. The van der Waals surface area contributed by atoms with E-state index >= 15 is 0 Å². The molecule has 0 amide bonds. The topological polar surface area (TPSA) is 61.4 Å². The zero-order valence-electron chi connectivity index (χ0n) is 17.6. The average molecular weight is 389 g/mol. The van der Waals surface area contributed by atoms with Crippen LogP contribution >= 0.6 is 0 Å². The Morgan fingerprint density at radius 3 is 1.68 bits per heavy atom. The first-order valence-electron chi connectivity index (χ1n) is 10.7. The molecule has 0 unspecified atom stereocenters. The van der Waals surface area contributed by atoms with Gasteiger partial charge in [0.25, 0.3) is 0 Å². The Kier molecular flexibility index (Phi) is 21.6. The van der Waals surface area contributed by atoms with Crippen molar-refractivity contribution in [2.45, 2.75) is 58.3 Å². The van der Waals surface area contributed by atoms with Gasteiger partial charge >= 0.3 is 5.97 Å². The summed E-state index contributed by atoms with van der Waals surface area (Å²) in [5.41, 5.74) is 0. The van der Waals surface area contributed by atoms with Gasteiger partial charge in [0.2, 0.25) is 0 Å². The maximum atomic E-state index is 10.2. The standard InChI is InChI=1S/C20H30O2.C4H10N2/c1-2-3-4-5-6-7-8-9-10-11-12-13-14-15-16-17-18-19-20(21)22;1-2-6-4-3-5-1/h10-19H,2-9H2,1H3,(H,21,22);5-6H,1-4H2. The van der Waals surface area contributed by atoms with E-state index in [-0.39, 0.29) is 0 Å². The van der Waals surface area contributed by atoms with Crippen LogP contribution in [0.15, 0.2) is 60.8 Å². The van der Waals surface area contributed by atoms with E-state index in [4.69, 9.17) is 5.11 Å². The third kappa shape index (κ3) is 24.1. The predicted molar refractivity (Wildman–Crippen MR) is 122 cm³/mol. The molecule has 3 N–H and O–H groups in total. The fraction of sp³-hybridized carbons (Fsp3) is 0.542. The lowest BCUT2D eigenvalue weighted by molar-refractivity contribution is -0.131. The molecule has 1 fully saturated rings. The molecule has 1 rings (SSSR count). The Balaban J connectivity index is 0.00000102. The summed E-state index contributed by atoms with van der Waals surface area (Å²) in [7, 11) is 0. The van der Waals surface area contributed by atoms with Gasteiger partial charge in [0.15, 0.2) is 0 Å². The van der Waals surface area contributed by atoms with Crippen LogP contribution in [0.1, 0.15) is 58.3 Å². The van der Waals surface area contributed by atoms with Crippen molar-refractivity contribution in [1.82, 2.24) is 10.6 Å². The molecule has 0 aliphatic carbocycles. The largest absolute Gasteiger partial charge is 0.478 e. The number of aliphatic carboxylic acids is 1. The maximum Gasteiger partial charge on any atom is 0.328 e. The van der Waals surface area contributed by atoms with Gasteiger partial charge in [-0.1, -0.05) is 100 Å². The van der Waals surface area contributed by atoms with Crippen molar-refractivity contribution in [1.29, 1.82) is 0 Å². The number of carboxylic acids is 1. The van der Waals surface area contributed by atoms with E-state index in [1.807, 2.05) is 24.3 Å². The molecule has 158 valence electrons. The second-order valence-electron chi connectivity index (χ2n) is 6.69. The van der Waals surface area contributed by atoms with Crippen LogP contribution in [0.4, 0.5) is 0 Å². The lowest BCUT2D eigenvalue weighted by Gasteiger charge is -2.11. The van der Waals surface area contributed by atoms with Crippen molar-refractivity contribution in [2.75, 3.05) is 26.2 Å². The number of carbonyl (C=O) groups is 1. The smallest absolute Gasteiger partial charge is 0.328 e. The van der Waals surface area contributed by atoms with Crippen LogP contribution < -0.4 is 10.6 Å². The Bertz CT molecular complexity index is 475. The van der Waals surface area contributed by atoms with E-state index in [0.717, 1.165) is 38.7 Å². The Morgan fingerprint density at radius 1 is 0.714 bits per heavy atom. The van der Waals surface area contributed by atoms with Crippen molar-refractivity contribution in [2.24, 2.45) is 0 Å². The van der Waals surface area contributed by atoms with Gasteiger partial charge in [0, 0.05) is 32.3 Å². The molecule has 28 heavy (non-hydrogen) atoms. The van der Waals surface area contributed by atoms with E-state index in [1.165, 1.54) is 51.0 Å². The summed E-state index contributed by atoms with van der Waals surface area (Å²) in [5.74, 6) is -0.931. The Hall–Kier alpha value is -1.91. The van der Waals surface area contributed by atoms with Crippen molar-refractivity contribution >= 4 is 5.97 Å². The predicted octanol–water partition coefficient (Wildman–Crippen LogP) is 5.17. The van der Waals surface area contributed by atoms with E-state index in [0.29, 0.717) is 0 Å². The molecule has 1 heterocycles. The van der Waals surface area contributed by atoms with Crippen LogP contribution in [0.5, 0.6) is 0 Å². The van der Waals surface area contributed by atoms with Gasteiger partial charge in [0.05, 0.1) is 0 Å². The molecule has 4 heteroatoms. The molecule has 1 saturated heterocycles. The second-order valence-corrected chi connectivity index (χ2v) is 6.69. The molecule has 0 bridgehead atoms. The normalized spacial score (nSPS) is 15.2. The minimum absolute atomic E-state index is 0.931.